The van der Waals surface area contributed by atoms with Crippen molar-refractivity contribution in [3.63, 3.8) is 0 Å². The zero-order valence-corrected chi connectivity index (χ0v) is 15.3. The molecule has 0 spiro atoms. The number of nitrogens with zero attached hydrogens (tertiary/aromatic N) is 2. The molecule has 6 heteroatoms. The standard InChI is InChI=1S/C20H19ClN4O/c1-13-9-14(2)19(17(21)10-13)25-15-6-8-23-18(11-15)20(26)24-12-16-5-3-4-7-22-16/h3-11H,12H2,1-2H3,(H,23,25)(H,24,26). The molecule has 0 aliphatic heterocycles. The number of hydrogen-bond acceptors (Lipinski definition) is 4. The summed E-state index contributed by atoms with van der Waals surface area (Å²) in [7, 11) is 0. The molecule has 3 aromatic rings. The first-order chi connectivity index (χ1) is 12.5. The van der Waals surface area contributed by atoms with Gasteiger partial charge in [0.05, 0.1) is 22.9 Å². The summed E-state index contributed by atoms with van der Waals surface area (Å²) in [6, 6.07) is 13.0. The van der Waals surface area contributed by atoms with Gasteiger partial charge in [-0.1, -0.05) is 23.7 Å². The molecule has 2 heterocycles. The largest absolute Gasteiger partial charge is 0.354 e. The number of benzene rings is 1. The lowest BCUT2D eigenvalue weighted by atomic mass is 10.1. The fourth-order valence-electron chi connectivity index (χ4n) is 2.61. The van der Waals surface area contributed by atoms with Gasteiger partial charge in [0.1, 0.15) is 5.69 Å². The Bertz CT molecular complexity index is 905. The number of nitrogens with one attached hydrogen (secondary N) is 2. The van der Waals surface area contributed by atoms with Gasteiger partial charge in [-0.2, -0.15) is 0 Å². The Morgan fingerprint density at radius 3 is 2.65 bits per heavy atom. The van der Waals surface area contributed by atoms with Crippen molar-refractivity contribution in [2.24, 2.45) is 0 Å². The normalized spacial score (nSPS) is 10.4. The average molecular weight is 367 g/mol. The van der Waals surface area contributed by atoms with Crippen LogP contribution in [0.5, 0.6) is 0 Å². The number of carbonyl (C=O) groups excluding carboxylic acids is 1. The number of hydrogen-bond donors (Lipinski definition) is 2. The second kappa shape index (κ2) is 7.97. The molecule has 0 atom stereocenters. The fourth-order valence-corrected chi connectivity index (χ4v) is 2.98. The molecule has 0 radical (unpaired) electrons. The molecule has 3 rings (SSSR count). The van der Waals surface area contributed by atoms with Crippen molar-refractivity contribution in [1.82, 2.24) is 15.3 Å². The summed E-state index contributed by atoms with van der Waals surface area (Å²) in [6.45, 7) is 4.34. The third-order valence-electron chi connectivity index (χ3n) is 3.85. The predicted octanol–water partition coefficient (Wildman–Crippen LogP) is 4.42. The monoisotopic (exact) mass is 366 g/mol. The van der Waals surface area contributed by atoms with Crippen molar-refractivity contribution in [3.05, 3.63) is 82.4 Å². The first kappa shape index (κ1) is 17.9. The van der Waals surface area contributed by atoms with Crippen molar-refractivity contribution < 1.29 is 4.79 Å². The minimum atomic E-state index is -0.258. The van der Waals surface area contributed by atoms with Crippen LogP contribution in [0, 0.1) is 13.8 Å². The molecule has 2 aromatic heterocycles. The third kappa shape index (κ3) is 4.37. The summed E-state index contributed by atoms with van der Waals surface area (Å²) >= 11 is 6.34. The first-order valence-electron chi connectivity index (χ1n) is 8.21. The van der Waals surface area contributed by atoms with E-state index < -0.39 is 0 Å². The highest BCUT2D eigenvalue weighted by Gasteiger charge is 2.10. The Labute approximate surface area is 157 Å². The maximum absolute atomic E-state index is 12.3. The first-order valence-corrected chi connectivity index (χ1v) is 8.58. The van der Waals surface area contributed by atoms with Crippen LogP contribution in [0.3, 0.4) is 0 Å². The molecule has 26 heavy (non-hydrogen) atoms. The van der Waals surface area contributed by atoms with Gasteiger partial charge < -0.3 is 10.6 Å². The van der Waals surface area contributed by atoms with Crippen LogP contribution in [0.25, 0.3) is 0 Å². The van der Waals surface area contributed by atoms with Gasteiger partial charge in [0.2, 0.25) is 0 Å². The maximum Gasteiger partial charge on any atom is 0.270 e. The Morgan fingerprint density at radius 1 is 1.08 bits per heavy atom. The molecule has 132 valence electrons. The van der Waals surface area contributed by atoms with E-state index in [1.165, 1.54) is 0 Å². The Kier molecular flexibility index (Phi) is 5.49. The highest BCUT2D eigenvalue weighted by atomic mass is 35.5. The molecule has 1 amide bonds. The number of carbonyl (C=O) groups is 1. The van der Waals surface area contributed by atoms with E-state index in [0.717, 1.165) is 28.2 Å². The number of amides is 1. The van der Waals surface area contributed by atoms with Gasteiger partial charge in [-0.15, -0.1) is 0 Å². The van der Waals surface area contributed by atoms with Crippen LogP contribution < -0.4 is 10.6 Å². The Morgan fingerprint density at radius 2 is 1.92 bits per heavy atom. The SMILES string of the molecule is Cc1cc(C)c(Nc2ccnc(C(=O)NCc3ccccn3)c2)c(Cl)c1. The topological polar surface area (TPSA) is 66.9 Å². The number of halogens is 1. The van der Waals surface area contributed by atoms with E-state index >= 15 is 0 Å². The molecule has 5 nitrogen and oxygen atoms in total. The van der Waals surface area contributed by atoms with E-state index in [-0.39, 0.29) is 5.91 Å². The number of pyridine rings is 2. The number of rotatable bonds is 5. The number of aryl methyl sites for hydroxylation is 2. The van der Waals surface area contributed by atoms with Gasteiger partial charge in [-0.3, -0.25) is 14.8 Å². The van der Waals surface area contributed by atoms with Gasteiger partial charge in [0.25, 0.3) is 5.91 Å². The summed E-state index contributed by atoms with van der Waals surface area (Å²) in [5, 5.41) is 6.73. The molecule has 0 saturated heterocycles. The lowest BCUT2D eigenvalue weighted by molar-refractivity contribution is 0.0945. The second-order valence-corrected chi connectivity index (χ2v) is 6.40. The van der Waals surface area contributed by atoms with E-state index in [2.05, 4.69) is 26.7 Å². The molecule has 2 N–H and O–H groups in total. The van der Waals surface area contributed by atoms with Crippen LogP contribution in [0.15, 0.2) is 54.9 Å². The van der Waals surface area contributed by atoms with E-state index in [1.54, 1.807) is 24.5 Å². The third-order valence-corrected chi connectivity index (χ3v) is 4.15. The molecule has 0 unspecified atom stereocenters. The van der Waals surface area contributed by atoms with Gasteiger partial charge in [-0.25, -0.2) is 0 Å². The van der Waals surface area contributed by atoms with E-state index in [4.69, 9.17) is 11.6 Å². The lowest BCUT2D eigenvalue weighted by Gasteiger charge is -2.13. The van der Waals surface area contributed by atoms with Crippen molar-refractivity contribution in [1.29, 1.82) is 0 Å². The molecular formula is C20H19ClN4O. The molecule has 0 aliphatic carbocycles. The predicted molar refractivity (Wildman–Crippen MR) is 104 cm³/mol. The smallest absolute Gasteiger partial charge is 0.270 e. The highest BCUT2D eigenvalue weighted by Crippen LogP contribution is 2.30. The summed E-state index contributed by atoms with van der Waals surface area (Å²) in [5.74, 6) is -0.258. The van der Waals surface area contributed by atoms with E-state index in [0.29, 0.717) is 17.3 Å². The molecule has 0 saturated carbocycles. The van der Waals surface area contributed by atoms with Crippen LogP contribution in [-0.4, -0.2) is 15.9 Å². The maximum atomic E-state index is 12.3. The minimum absolute atomic E-state index is 0.258. The Hall–Kier alpha value is -2.92. The summed E-state index contributed by atoms with van der Waals surface area (Å²) < 4.78 is 0. The van der Waals surface area contributed by atoms with Crippen molar-refractivity contribution in [2.45, 2.75) is 20.4 Å². The van der Waals surface area contributed by atoms with Gasteiger partial charge in [-0.05, 0) is 55.3 Å². The van der Waals surface area contributed by atoms with Gasteiger partial charge in [0.15, 0.2) is 0 Å². The molecular weight excluding hydrogens is 348 g/mol. The van der Waals surface area contributed by atoms with Crippen molar-refractivity contribution in [2.75, 3.05) is 5.32 Å². The zero-order chi connectivity index (χ0) is 18.5. The summed E-state index contributed by atoms with van der Waals surface area (Å²) in [6.07, 6.45) is 3.29. The van der Waals surface area contributed by atoms with Crippen molar-refractivity contribution >= 4 is 28.9 Å². The van der Waals surface area contributed by atoms with Gasteiger partial charge in [0, 0.05) is 18.1 Å². The molecule has 0 aliphatic rings. The molecule has 0 bridgehead atoms. The number of aromatic nitrogens is 2. The van der Waals surface area contributed by atoms with Crippen LogP contribution >= 0.6 is 11.6 Å². The quantitative estimate of drug-likeness (QED) is 0.701. The minimum Gasteiger partial charge on any atom is -0.354 e. The van der Waals surface area contributed by atoms with Crippen LogP contribution in [0.1, 0.15) is 27.3 Å². The average Bonchev–Trinajstić information content (AvgIpc) is 2.64. The van der Waals surface area contributed by atoms with Crippen LogP contribution in [0.2, 0.25) is 5.02 Å². The zero-order valence-electron chi connectivity index (χ0n) is 14.6. The van der Waals surface area contributed by atoms with Gasteiger partial charge >= 0.3 is 0 Å². The van der Waals surface area contributed by atoms with Crippen LogP contribution in [0.4, 0.5) is 11.4 Å². The Balaban J connectivity index is 1.73. The lowest BCUT2D eigenvalue weighted by Crippen LogP contribution is -2.24. The fraction of sp³-hybridized carbons (Fsp3) is 0.150. The molecule has 0 fully saturated rings. The van der Waals surface area contributed by atoms with Crippen molar-refractivity contribution in [3.8, 4) is 0 Å². The highest BCUT2D eigenvalue weighted by molar-refractivity contribution is 6.33. The van der Waals surface area contributed by atoms with E-state index in [9.17, 15) is 4.79 Å². The summed E-state index contributed by atoms with van der Waals surface area (Å²) in [4.78, 5) is 20.7. The molecule has 1 aromatic carbocycles. The second-order valence-electron chi connectivity index (χ2n) is 6.00. The van der Waals surface area contributed by atoms with E-state index in [1.807, 2.05) is 38.1 Å². The number of anilines is 2. The summed E-state index contributed by atoms with van der Waals surface area (Å²) in [5.41, 5.74) is 4.82. The van der Waals surface area contributed by atoms with Crippen LogP contribution in [-0.2, 0) is 6.54 Å².